The van der Waals surface area contributed by atoms with Gasteiger partial charge in [-0.1, -0.05) is 48.5 Å². The third-order valence-corrected chi connectivity index (χ3v) is 6.59. The van der Waals surface area contributed by atoms with Gasteiger partial charge < -0.3 is 9.64 Å². The number of piperazine rings is 1. The van der Waals surface area contributed by atoms with Crippen LogP contribution in [0.2, 0.25) is 0 Å². The molecule has 0 radical (unpaired) electrons. The first-order chi connectivity index (χ1) is 17.1. The van der Waals surface area contributed by atoms with Crippen molar-refractivity contribution < 1.29 is 4.74 Å². The van der Waals surface area contributed by atoms with E-state index in [1.54, 1.807) is 6.20 Å². The van der Waals surface area contributed by atoms with Crippen molar-refractivity contribution in [2.45, 2.75) is 20.1 Å². The summed E-state index contributed by atoms with van der Waals surface area (Å²) in [6, 6.07) is 19.3. The van der Waals surface area contributed by atoms with Crippen LogP contribution in [0.5, 0.6) is 5.75 Å². The quantitative estimate of drug-likeness (QED) is 0.413. The van der Waals surface area contributed by atoms with Gasteiger partial charge in [0.25, 0.3) is 0 Å². The molecule has 35 heavy (non-hydrogen) atoms. The fourth-order valence-electron chi connectivity index (χ4n) is 4.36. The average Bonchev–Trinajstić information content (AvgIpc) is 3.21. The van der Waals surface area contributed by atoms with Crippen molar-refractivity contribution >= 4 is 5.69 Å². The number of ether oxygens (including phenoxy) is 1. The van der Waals surface area contributed by atoms with Crippen molar-refractivity contribution in [1.82, 2.24) is 24.5 Å². The number of hydrogen-bond donors (Lipinski definition) is 0. The maximum absolute atomic E-state index is 13.5. The minimum atomic E-state index is -0.252. The second kappa shape index (κ2) is 10.1. The lowest BCUT2D eigenvalue weighted by atomic mass is 10.2. The first-order valence-electron chi connectivity index (χ1n) is 11.9. The van der Waals surface area contributed by atoms with E-state index in [0.29, 0.717) is 18.0 Å². The van der Waals surface area contributed by atoms with Gasteiger partial charge in [0.05, 0.1) is 18.1 Å². The van der Waals surface area contributed by atoms with Crippen LogP contribution in [0.4, 0.5) is 5.69 Å². The lowest BCUT2D eigenvalue weighted by molar-refractivity contribution is 0.246. The Morgan fingerprint density at radius 3 is 2.23 bits per heavy atom. The summed E-state index contributed by atoms with van der Waals surface area (Å²) in [5.41, 5.74) is 4.66. The summed E-state index contributed by atoms with van der Waals surface area (Å²) < 4.78 is 9.49. The zero-order valence-corrected chi connectivity index (χ0v) is 20.2. The lowest BCUT2D eigenvalue weighted by Gasteiger charge is -2.36. The SMILES string of the molecule is Cc1c(CN2CCN(c3cnn(-c4ccccc4)c(=O)c3OCc3ccccc3)CC2)cnn1C. The summed E-state index contributed by atoms with van der Waals surface area (Å²) in [6.45, 7) is 6.64. The van der Waals surface area contributed by atoms with E-state index in [4.69, 9.17) is 4.74 Å². The second-order valence-corrected chi connectivity index (χ2v) is 8.83. The number of benzene rings is 2. The molecule has 0 saturated carbocycles. The van der Waals surface area contributed by atoms with Gasteiger partial charge in [0, 0.05) is 51.0 Å². The highest BCUT2D eigenvalue weighted by molar-refractivity contribution is 5.57. The zero-order chi connectivity index (χ0) is 24.2. The largest absolute Gasteiger partial charge is 0.481 e. The van der Waals surface area contributed by atoms with Gasteiger partial charge in [-0.05, 0) is 24.6 Å². The molecule has 0 bridgehead atoms. The normalized spacial score (nSPS) is 14.3. The van der Waals surface area contributed by atoms with E-state index in [9.17, 15) is 4.79 Å². The van der Waals surface area contributed by atoms with Crippen molar-refractivity contribution in [2.24, 2.45) is 7.05 Å². The van der Waals surface area contributed by atoms with Crippen LogP contribution in [0.1, 0.15) is 16.8 Å². The summed E-state index contributed by atoms with van der Waals surface area (Å²) >= 11 is 0. The molecule has 0 amide bonds. The minimum Gasteiger partial charge on any atom is -0.481 e. The molecule has 3 heterocycles. The molecule has 2 aromatic carbocycles. The molecule has 4 aromatic rings. The van der Waals surface area contributed by atoms with E-state index in [-0.39, 0.29) is 5.56 Å². The van der Waals surface area contributed by atoms with Crippen molar-refractivity contribution in [1.29, 1.82) is 0 Å². The summed E-state index contributed by atoms with van der Waals surface area (Å²) in [5.74, 6) is 0.337. The Kier molecular flexibility index (Phi) is 6.63. The number of aryl methyl sites for hydroxylation is 1. The standard InChI is InChI=1S/C27H30N6O2/c1-21-23(17-28-30(21)2)19-31-13-15-32(16-14-31)25-18-29-33(24-11-7-4-8-12-24)27(34)26(25)35-20-22-9-5-3-6-10-22/h3-12,17-18H,13-16,19-20H2,1-2H3. The molecule has 0 unspecified atom stereocenters. The molecule has 8 nitrogen and oxygen atoms in total. The number of hydrogen-bond acceptors (Lipinski definition) is 6. The Morgan fingerprint density at radius 2 is 1.57 bits per heavy atom. The number of nitrogens with zero attached hydrogens (tertiary/aromatic N) is 6. The Bertz CT molecular complexity index is 1330. The smallest absolute Gasteiger partial charge is 0.316 e. The molecule has 0 atom stereocenters. The number of aromatic nitrogens is 4. The number of para-hydroxylation sites is 1. The molecule has 0 spiro atoms. The number of anilines is 1. The maximum atomic E-state index is 13.5. The molecule has 2 aromatic heterocycles. The van der Waals surface area contributed by atoms with Gasteiger partial charge in [-0.25, -0.2) is 0 Å². The highest BCUT2D eigenvalue weighted by Gasteiger charge is 2.24. The van der Waals surface area contributed by atoms with Crippen LogP contribution in [-0.2, 0) is 20.2 Å². The van der Waals surface area contributed by atoms with Crippen LogP contribution in [-0.4, -0.2) is 50.6 Å². The lowest BCUT2D eigenvalue weighted by Crippen LogP contribution is -2.46. The van der Waals surface area contributed by atoms with E-state index in [1.807, 2.05) is 78.6 Å². The summed E-state index contributed by atoms with van der Waals surface area (Å²) in [6.07, 6.45) is 3.71. The predicted molar refractivity (Wildman–Crippen MR) is 136 cm³/mol. The van der Waals surface area contributed by atoms with Gasteiger partial charge in [0.2, 0.25) is 5.75 Å². The molecule has 8 heteroatoms. The van der Waals surface area contributed by atoms with Crippen molar-refractivity contribution in [3.63, 3.8) is 0 Å². The van der Waals surface area contributed by atoms with Gasteiger partial charge in [0.1, 0.15) is 12.3 Å². The number of rotatable bonds is 7. The van der Waals surface area contributed by atoms with Crippen LogP contribution in [0.25, 0.3) is 5.69 Å². The molecule has 1 aliphatic heterocycles. The topological polar surface area (TPSA) is 68.4 Å². The molecular weight excluding hydrogens is 440 g/mol. The third kappa shape index (κ3) is 4.97. The van der Waals surface area contributed by atoms with Crippen molar-refractivity contribution in [3.8, 4) is 11.4 Å². The van der Waals surface area contributed by atoms with Gasteiger partial charge in [-0.15, -0.1) is 0 Å². The third-order valence-electron chi connectivity index (χ3n) is 6.59. The highest BCUT2D eigenvalue weighted by atomic mass is 16.5. The molecule has 180 valence electrons. The van der Waals surface area contributed by atoms with Crippen LogP contribution in [0.3, 0.4) is 0 Å². The van der Waals surface area contributed by atoms with E-state index < -0.39 is 0 Å². The highest BCUT2D eigenvalue weighted by Crippen LogP contribution is 2.26. The zero-order valence-electron chi connectivity index (χ0n) is 20.2. The van der Waals surface area contributed by atoms with Crippen LogP contribution in [0, 0.1) is 6.92 Å². The Hall–Kier alpha value is -3.91. The summed E-state index contributed by atoms with van der Waals surface area (Å²) in [4.78, 5) is 18.2. The molecule has 1 fully saturated rings. The maximum Gasteiger partial charge on any atom is 0.316 e. The Morgan fingerprint density at radius 1 is 0.886 bits per heavy atom. The molecule has 0 aliphatic carbocycles. The molecule has 1 saturated heterocycles. The fourth-order valence-corrected chi connectivity index (χ4v) is 4.36. The molecular formula is C27H30N6O2. The van der Waals surface area contributed by atoms with E-state index in [0.717, 1.165) is 44.0 Å². The first kappa shape index (κ1) is 22.9. The molecule has 5 rings (SSSR count). The van der Waals surface area contributed by atoms with E-state index in [2.05, 4.69) is 26.9 Å². The first-order valence-corrected chi connectivity index (χ1v) is 11.9. The fraction of sp³-hybridized carbons (Fsp3) is 0.296. The van der Waals surface area contributed by atoms with Gasteiger partial charge >= 0.3 is 5.56 Å². The summed E-state index contributed by atoms with van der Waals surface area (Å²) in [7, 11) is 1.97. The van der Waals surface area contributed by atoms with Crippen LogP contribution in [0.15, 0.2) is 77.9 Å². The van der Waals surface area contributed by atoms with Gasteiger partial charge in [-0.2, -0.15) is 14.9 Å². The van der Waals surface area contributed by atoms with Gasteiger partial charge in [0.15, 0.2) is 0 Å². The Balaban J connectivity index is 1.38. The van der Waals surface area contributed by atoms with Crippen LogP contribution < -0.4 is 15.2 Å². The monoisotopic (exact) mass is 470 g/mol. The van der Waals surface area contributed by atoms with Gasteiger partial charge in [-0.3, -0.25) is 14.4 Å². The van der Waals surface area contributed by atoms with E-state index in [1.165, 1.54) is 15.9 Å². The van der Waals surface area contributed by atoms with Crippen molar-refractivity contribution in [2.75, 3.05) is 31.1 Å². The van der Waals surface area contributed by atoms with Crippen LogP contribution >= 0.6 is 0 Å². The molecule has 0 N–H and O–H groups in total. The summed E-state index contributed by atoms with van der Waals surface area (Å²) in [5, 5.41) is 8.86. The molecule has 1 aliphatic rings. The van der Waals surface area contributed by atoms with E-state index >= 15 is 0 Å². The average molecular weight is 471 g/mol. The predicted octanol–water partition coefficient (Wildman–Crippen LogP) is 3.18. The second-order valence-electron chi connectivity index (χ2n) is 8.83. The van der Waals surface area contributed by atoms with Crippen molar-refractivity contribution in [3.05, 3.63) is 100 Å². The Labute approximate surface area is 205 Å². The minimum absolute atomic E-state index is 0.252.